The molecule has 1 aromatic carbocycles. The number of benzene rings is 1. The van der Waals surface area contributed by atoms with Crippen LogP contribution >= 0.6 is 0 Å². The average molecular weight is 271 g/mol. The molecule has 0 saturated heterocycles. The van der Waals surface area contributed by atoms with Crippen molar-refractivity contribution in [3.05, 3.63) is 35.4 Å². The number of hydrogen-bond donors (Lipinski definition) is 1. The molecule has 2 aromatic rings. The van der Waals surface area contributed by atoms with E-state index in [0.29, 0.717) is 13.0 Å². The van der Waals surface area contributed by atoms with Gasteiger partial charge in [-0.2, -0.15) is 0 Å². The van der Waals surface area contributed by atoms with E-state index in [2.05, 4.69) is 10.2 Å². The van der Waals surface area contributed by atoms with Gasteiger partial charge in [0.2, 0.25) is 0 Å². The number of aromatic nitrogens is 3. The molecule has 0 bridgehead atoms. The predicted octanol–water partition coefficient (Wildman–Crippen LogP) is 2.26. The molecular formula is C12H12F3N3O. The van der Waals surface area contributed by atoms with Gasteiger partial charge in [-0.3, -0.25) is 0 Å². The van der Waals surface area contributed by atoms with E-state index in [-0.39, 0.29) is 23.8 Å². The summed E-state index contributed by atoms with van der Waals surface area (Å²) in [5.41, 5.74) is -0.181. The molecular weight excluding hydrogens is 259 g/mol. The van der Waals surface area contributed by atoms with E-state index in [1.807, 2.05) is 6.92 Å². The van der Waals surface area contributed by atoms with E-state index in [1.165, 1.54) is 4.57 Å². The molecule has 0 saturated carbocycles. The fourth-order valence-corrected chi connectivity index (χ4v) is 1.81. The predicted molar refractivity (Wildman–Crippen MR) is 61.5 cm³/mol. The zero-order valence-electron chi connectivity index (χ0n) is 10.2. The van der Waals surface area contributed by atoms with E-state index < -0.39 is 17.5 Å². The van der Waals surface area contributed by atoms with E-state index in [1.54, 1.807) is 0 Å². The Hall–Kier alpha value is -1.89. The summed E-state index contributed by atoms with van der Waals surface area (Å²) in [5, 5.41) is 16.6. The Bertz CT molecular complexity index is 598. The summed E-state index contributed by atoms with van der Waals surface area (Å²) in [7, 11) is 0. The first kappa shape index (κ1) is 13.5. The Morgan fingerprint density at radius 2 is 1.89 bits per heavy atom. The van der Waals surface area contributed by atoms with Crippen molar-refractivity contribution in [3.8, 4) is 11.4 Å². The van der Waals surface area contributed by atoms with Gasteiger partial charge in [-0.25, -0.2) is 13.2 Å². The minimum atomic E-state index is -1.55. The molecule has 4 nitrogen and oxygen atoms in total. The standard InChI is InChI=1S/C12H12F3N3O/c1-2-5-18-9(6-19)16-17-12(18)7-3-4-8(13)11(15)10(7)14/h3-4,19H,2,5-6H2,1H3. The van der Waals surface area contributed by atoms with Crippen LogP contribution in [-0.2, 0) is 13.2 Å². The van der Waals surface area contributed by atoms with Crippen LogP contribution in [0.15, 0.2) is 12.1 Å². The summed E-state index contributed by atoms with van der Waals surface area (Å²) in [6, 6.07) is 1.93. The third-order valence-corrected chi connectivity index (χ3v) is 2.69. The van der Waals surface area contributed by atoms with Crippen molar-refractivity contribution in [2.75, 3.05) is 0 Å². The van der Waals surface area contributed by atoms with Crippen molar-refractivity contribution in [1.29, 1.82) is 0 Å². The van der Waals surface area contributed by atoms with Gasteiger partial charge in [0, 0.05) is 6.54 Å². The highest BCUT2D eigenvalue weighted by molar-refractivity contribution is 5.56. The van der Waals surface area contributed by atoms with E-state index in [4.69, 9.17) is 5.11 Å². The first-order valence-corrected chi connectivity index (χ1v) is 5.77. The van der Waals surface area contributed by atoms with Crippen LogP contribution in [0.2, 0.25) is 0 Å². The topological polar surface area (TPSA) is 50.9 Å². The molecule has 19 heavy (non-hydrogen) atoms. The maximum atomic E-state index is 13.7. The number of aliphatic hydroxyl groups excluding tert-OH is 1. The molecule has 0 aliphatic heterocycles. The van der Waals surface area contributed by atoms with Crippen molar-refractivity contribution < 1.29 is 18.3 Å². The van der Waals surface area contributed by atoms with Gasteiger partial charge in [0.05, 0.1) is 5.56 Å². The Balaban J connectivity index is 2.59. The highest BCUT2D eigenvalue weighted by Gasteiger charge is 2.20. The number of hydrogen-bond acceptors (Lipinski definition) is 3. The van der Waals surface area contributed by atoms with Crippen molar-refractivity contribution in [1.82, 2.24) is 14.8 Å². The molecule has 102 valence electrons. The van der Waals surface area contributed by atoms with Crippen molar-refractivity contribution in [2.45, 2.75) is 26.5 Å². The zero-order valence-corrected chi connectivity index (χ0v) is 10.2. The van der Waals surface area contributed by atoms with Gasteiger partial charge in [0.15, 0.2) is 29.1 Å². The van der Waals surface area contributed by atoms with Crippen LogP contribution < -0.4 is 0 Å². The van der Waals surface area contributed by atoms with Crippen LogP contribution in [0, 0.1) is 17.5 Å². The molecule has 2 rings (SSSR count). The molecule has 1 aromatic heterocycles. The molecule has 0 spiro atoms. The first-order chi connectivity index (χ1) is 9.10. The second-order valence-electron chi connectivity index (χ2n) is 3.97. The number of nitrogens with zero attached hydrogens (tertiary/aromatic N) is 3. The molecule has 1 N–H and O–H groups in total. The number of rotatable bonds is 4. The summed E-state index contributed by atoms with van der Waals surface area (Å²) >= 11 is 0. The van der Waals surface area contributed by atoms with Gasteiger partial charge in [-0.1, -0.05) is 6.92 Å². The zero-order chi connectivity index (χ0) is 14.0. The number of aliphatic hydroxyl groups is 1. The summed E-state index contributed by atoms with van der Waals surface area (Å²) in [4.78, 5) is 0. The Kier molecular flexibility index (Phi) is 3.84. The third-order valence-electron chi connectivity index (χ3n) is 2.69. The maximum Gasteiger partial charge on any atom is 0.195 e. The summed E-state index contributed by atoms with van der Waals surface area (Å²) in [6.07, 6.45) is 0.698. The fraction of sp³-hybridized carbons (Fsp3) is 0.333. The lowest BCUT2D eigenvalue weighted by Gasteiger charge is -2.09. The molecule has 0 radical (unpaired) electrons. The molecule has 0 unspecified atom stereocenters. The minimum Gasteiger partial charge on any atom is -0.388 e. The molecule has 0 fully saturated rings. The van der Waals surface area contributed by atoms with Crippen LogP contribution in [0.4, 0.5) is 13.2 Å². The van der Waals surface area contributed by atoms with Crippen molar-refractivity contribution >= 4 is 0 Å². The molecule has 7 heteroatoms. The Morgan fingerprint density at radius 1 is 1.16 bits per heavy atom. The van der Waals surface area contributed by atoms with E-state index >= 15 is 0 Å². The number of halogens is 3. The van der Waals surface area contributed by atoms with Crippen LogP contribution in [-0.4, -0.2) is 19.9 Å². The van der Waals surface area contributed by atoms with Crippen LogP contribution in [0.5, 0.6) is 0 Å². The van der Waals surface area contributed by atoms with Gasteiger partial charge in [0.25, 0.3) is 0 Å². The largest absolute Gasteiger partial charge is 0.388 e. The van der Waals surface area contributed by atoms with Crippen molar-refractivity contribution in [2.24, 2.45) is 0 Å². The molecule has 0 aliphatic carbocycles. The fourth-order valence-electron chi connectivity index (χ4n) is 1.81. The van der Waals surface area contributed by atoms with E-state index in [0.717, 1.165) is 12.1 Å². The lowest BCUT2D eigenvalue weighted by Crippen LogP contribution is -2.06. The third kappa shape index (κ3) is 2.33. The second kappa shape index (κ2) is 5.40. The summed E-state index contributed by atoms with van der Waals surface area (Å²) < 4.78 is 41.3. The van der Waals surface area contributed by atoms with Gasteiger partial charge in [-0.05, 0) is 18.6 Å². The lowest BCUT2D eigenvalue weighted by molar-refractivity contribution is 0.264. The minimum absolute atomic E-state index is 0.0716. The van der Waals surface area contributed by atoms with Gasteiger partial charge in [-0.15, -0.1) is 10.2 Å². The van der Waals surface area contributed by atoms with E-state index in [9.17, 15) is 13.2 Å². The van der Waals surface area contributed by atoms with Crippen molar-refractivity contribution in [3.63, 3.8) is 0 Å². The lowest BCUT2D eigenvalue weighted by atomic mass is 10.2. The molecule has 0 aliphatic rings. The smallest absolute Gasteiger partial charge is 0.195 e. The van der Waals surface area contributed by atoms with Crippen LogP contribution in [0.1, 0.15) is 19.2 Å². The summed E-state index contributed by atoms with van der Waals surface area (Å²) in [5.74, 6) is -3.79. The first-order valence-electron chi connectivity index (χ1n) is 5.77. The monoisotopic (exact) mass is 271 g/mol. The highest BCUT2D eigenvalue weighted by Crippen LogP contribution is 2.25. The Morgan fingerprint density at radius 3 is 2.53 bits per heavy atom. The SMILES string of the molecule is CCCn1c(CO)nnc1-c1ccc(F)c(F)c1F. The normalized spacial score (nSPS) is 11.0. The van der Waals surface area contributed by atoms with Gasteiger partial charge < -0.3 is 9.67 Å². The molecule has 0 amide bonds. The Labute approximate surface area is 107 Å². The quantitative estimate of drug-likeness (QED) is 0.868. The second-order valence-corrected chi connectivity index (χ2v) is 3.97. The van der Waals surface area contributed by atoms with Gasteiger partial charge in [0.1, 0.15) is 6.61 Å². The van der Waals surface area contributed by atoms with Gasteiger partial charge >= 0.3 is 0 Å². The average Bonchev–Trinajstić information content (AvgIpc) is 2.80. The summed E-state index contributed by atoms with van der Waals surface area (Å²) in [6.45, 7) is 1.96. The highest BCUT2D eigenvalue weighted by atomic mass is 19.2. The van der Waals surface area contributed by atoms with Crippen LogP contribution in [0.3, 0.4) is 0 Å². The molecule has 0 atom stereocenters. The van der Waals surface area contributed by atoms with Crippen LogP contribution in [0.25, 0.3) is 11.4 Å². The molecule has 1 heterocycles. The maximum absolute atomic E-state index is 13.7.